The third-order valence-electron chi connectivity index (χ3n) is 4.87. The molecular weight excluding hydrogens is 513 g/mol. The zero-order valence-electron chi connectivity index (χ0n) is 18.4. The molecule has 8 nitrogen and oxygen atoms in total. The second-order valence-corrected chi connectivity index (χ2v) is 10.3. The molecule has 2 amide bonds. The Hall–Kier alpha value is -2.20. The molecule has 0 saturated heterocycles. The second-order valence-electron chi connectivity index (χ2n) is 7.14. The number of likely N-dealkylation sites (N-methyl/N-ethyl adjacent to an activating group) is 1. The molecule has 0 bridgehead atoms. The number of sulfonamides is 1. The number of benzene rings is 2. The van der Waals surface area contributed by atoms with Crippen molar-refractivity contribution >= 4 is 62.3 Å². The molecule has 0 saturated carbocycles. The van der Waals surface area contributed by atoms with Gasteiger partial charge in [-0.3, -0.25) is 13.9 Å². The summed E-state index contributed by atoms with van der Waals surface area (Å²) in [5, 5.41) is 3.40. The SMILES string of the molecule is CNC(=O)[C@H](C)N(Cc1ccc(Cl)cc1Cl)C(=O)CN(c1ccc(OC)c(Cl)c1)S(C)(=O)=O. The molecule has 0 unspecified atom stereocenters. The van der Waals surface area contributed by atoms with Crippen molar-refractivity contribution in [3.05, 3.63) is 57.0 Å². The van der Waals surface area contributed by atoms with Gasteiger partial charge < -0.3 is 15.0 Å². The Morgan fingerprint density at radius 3 is 2.27 bits per heavy atom. The molecule has 12 heteroatoms. The van der Waals surface area contributed by atoms with E-state index in [4.69, 9.17) is 39.5 Å². The predicted molar refractivity (Wildman–Crippen MR) is 131 cm³/mol. The number of halogens is 3. The number of carbonyl (C=O) groups excluding carboxylic acids is 2. The Morgan fingerprint density at radius 1 is 1.09 bits per heavy atom. The summed E-state index contributed by atoms with van der Waals surface area (Å²) in [5.41, 5.74) is 0.720. The van der Waals surface area contributed by atoms with Gasteiger partial charge in [-0.15, -0.1) is 0 Å². The van der Waals surface area contributed by atoms with E-state index in [-0.39, 0.29) is 17.3 Å². The van der Waals surface area contributed by atoms with Gasteiger partial charge in [-0.05, 0) is 42.8 Å². The van der Waals surface area contributed by atoms with Crippen LogP contribution in [0.4, 0.5) is 5.69 Å². The first-order valence-corrected chi connectivity index (χ1v) is 12.6. The third kappa shape index (κ3) is 6.89. The molecule has 2 aromatic rings. The maximum Gasteiger partial charge on any atom is 0.244 e. The summed E-state index contributed by atoms with van der Waals surface area (Å²) in [7, 11) is -1.01. The number of nitrogens with zero attached hydrogens (tertiary/aromatic N) is 2. The van der Waals surface area contributed by atoms with Crippen molar-refractivity contribution in [2.45, 2.75) is 19.5 Å². The zero-order chi connectivity index (χ0) is 24.9. The van der Waals surface area contributed by atoms with Crippen molar-refractivity contribution in [2.75, 3.05) is 31.3 Å². The molecule has 0 aliphatic rings. The van der Waals surface area contributed by atoms with Crippen LogP contribution < -0.4 is 14.4 Å². The standard InChI is InChI=1S/C21H24Cl3N3O5S/c1-13(21(29)25-2)26(11-14-5-6-15(22)9-17(14)23)20(28)12-27(33(4,30)31)16-7-8-19(32-3)18(24)10-16/h5-10,13H,11-12H2,1-4H3,(H,25,29)/t13-/m0/s1. The Bertz CT molecular complexity index is 1140. The van der Waals surface area contributed by atoms with Gasteiger partial charge in [-0.25, -0.2) is 8.42 Å². The molecule has 180 valence electrons. The van der Waals surface area contributed by atoms with Crippen LogP contribution in [-0.2, 0) is 26.2 Å². The van der Waals surface area contributed by atoms with Gasteiger partial charge in [0.25, 0.3) is 0 Å². The van der Waals surface area contributed by atoms with Crippen LogP contribution in [0.25, 0.3) is 0 Å². The van der Waals surface area contributed by atoms with Crippen molar-refractivity contribution in [3.8, 4) is 5.75 Å². The largest absolute Gasteiger partial charge is 0.495 e. The first-order valence-electron chi connectivity index (χ1n) is 9.65. The zero-order valence-corrected chi connectivity index (χ0v) is 21.5. The van der Waals surface area contributed by atoms with Crippen molar-refractivity contribution in [3.63, 3.8) is 0 Å². The fraction of sp³-hybridized carbons (Fsp3) is 0.333. The number of hydrogen-bond acceptors (Lipinski definition) is 5. The highest BCUT2D eigenvalue weighted by atomic mass is 35.5. The van der Waals surface area contributed by atoms with Crippen molar-refractivity contribution in [1.82, 2.24) is 10.2 Å². The van der Waals surface area contributed by atoms with Crippen molar-refractivity contribution in [2.24, 2.45) is 0 Å². The van der Waals surface area contributed by atoms with E-state index in [1.807, 2.05) is 0 Å². The van der Waals surface area contributed by atoms with E-state index in [9.17, 15) is 18.0 Å². The number of hydrogen-bond donors (Lipinski definition) is 1. The molecule has 0 aliphatic heterocycles. The summed E-state index contributed by atoms with van der Waals surface area (Å²) >= 11 is 18.4. The Morgan fingerprint density at radius 2 is 1.76 bits per heavy atom. The maximum atomic E-state index is 13.3. The predicted octanol–water partition coefficient (Wildman–Crippen LogP) is 3.58. The van der Waals surface area contributed by atoms with Gasteiger partial charge in [-0.1, -0.05) is 40.9 Å². The first-order chi connectivity index (χ1) is 15.4. The van der Waals surface area contributed by atoms with Gasteiger partial charge in [0.1, 0.15) is 18.3 Å². The molecule has 0 radical (unpaired) electrons. The van der Waals surface area contributed by atoms with E-state index in [1.165, 1.54) is 50.2 Å². The number of ether oxygens (including phenoxy) is 1. The molecular formula is C21H24Cl3N3O5S. The lowest BCUT2D eigenvalue weighted by molar-refractivity contribution is -0.139. The normalized spacial score (nSPS) is 12.1. The summed E-state index contributed by atoms with van der Waals surface area (Å²) in [6.07, 6.45) is 0.973. The fourth-order valence-electron chi connectivity index (χ4n) is 3.05. The average Bonchev–Trinajstić information content (AvgIpc) is 2.74. The van der Waals surface area contributed by atoms with E-state index in [0.717, 1.165) is 10.6 Å². The number of amides is 2. The topological polar surface area (TPSA) is 96.0 Å². The van der Waals surface area contributed by atoms with Crippen LogP contribution in [0.15, 0.2) is 36.4 Å². The quantitative estimate of drug-likeness (QED) is 0.528. The van der Waals surface area contributed by atoms with Crippen LogP contribution in [0.3, 0.4) is 0 Å². The summed E-state index contributed by atoms with van der Waals surface area (Å²) in [4.78, 5) is 26.9. The van der Waals surface area contributed by atoms with Gasteiger partial charge in [0, 0.05) is 23.6 Å². The number of carbonyl (C=O) groups is 2. The minimum Gasteiger partial charge on any atom is -0.495 e. The highest BCUT2D eigenvalue weighted by Gasteiger charge is 2.30. The maximum absolute atomic E-state index is 13.3. The lowest BCUT2D eigenvalue weighted by atomic mass is 10.1. The first kappa shape index (κ1) is 27.0. The van der Waals surface area contributed by atoms with Gasteiger partial charge in [0.2, 0.25) is 21.8 Å². The lowest BCUT2D eigenvalue weighted by Gasteiger charge is -2.31. The van der Waals surface area contributed by atoms with Gasteiger partial charge in [-0.2, -0.15) is 0 Å². The summed E-state index contributed by atoms with van der Waals surface area (Å²) in [6, 6.07) is 8.22. The number of methoxy groups -OCH3 is 1. The number of rotatable bonds is 9. The number of anilines is 1. The smallest absolute Gasteiger partial charge is 0.244 e. The molecule has 0 heterocycles. The molecule has 0 fully saturated rings. The molecule has 1 atom stereocenters. The van der Waals surface area contributed by atoms with Crippen molar-refractivity contribution in [1.29, 1.82) is 0 Å². The van der Waals surface area contributed by atoms with E-state index >= 15 is 0 Å². The number of nitrogens with one attached hydrogen (secondary N) is 1. The monoisotopic (exact) mass is 535 g/mol. The van der Waals surface area contributed by atoms with Crippen molar-refractivity contribution < 1.29 is 22.7 Å². The highest BCUT2D eigenvalue weighted by Crippen LogP contribution is 2.30. The summed E-state index contributed by atoms with van der Waals surface area (Å²) in [6.45, 7) is 0.939. The highest BCUT2D eigenvalue weighted by molar-refractivity contribution is 7.92. The molecule has 2 rings (SSSR count). The van der Waals surface area contributed by atoms with Gasteiger partial charge >= 0.3 is 0 Å². The van der Waals surface area contributed by atoms with Crippen LogP contribution in [0.1, 0.15) is 12.5 Å². The van der Waals surface area contributed by atoms with E-state index < -0.39 is 34.4 Å². The lowest BCUT2D eigenvalue weighted by Crippen LogP contribution is -2.50. The molecule has 33 heavy (non-hydrogen) atoms. The molecule has 0 aromatic heterocycles. The minimum absolute atomic E-state index is 0.0373. The fourth-order valence-corrected chi connectivity index (χ4v) is 4.61. The van der Waals surface area contributed by atoms with E-state index in [2.05, 4.69) is 5.32 Å². The molecule has 0 aliphatic carbocycles. The Kier molecular flexibility index (Phi) is 9.25. The third-order valence-corrected chi connectivity index (χ3v) is 6.89. The molecule has 2 aromatic carbocycles. The molecule has 1 N–H and O–H groups in total. The summed E-state index contributed by atoms with van der Waals surface area (Å²) in [5.74, 6) is -0.686. The van der Waals surface area contributed by atoms with E-state index in [0.29, 0.717) is 21.4 Å². The van der Waals surface area contributed by atoms with E-state index in [1.54, 1.807) is 12.1 Å². The van der Waals surface area contributed by atoms with Crippen LogP contribution >= 0.6 is 34.8 Å². The van der Waals surface area contributed by atoms with Crippen LogP contribution in [0.5, 0.6) is 5.75 Å². The van der Waals surface area contributed by atoms with Crippen LogP contribution in [0, 0.1) is 0 Å². The van der Waals surface area contributed by atoms with Crippen LogP contribution in [0.2, 0.25) is 15.1 Å². The Balaban J connectivity index is 2.43. The molecule has 0 spiro atoms. The average molecular weight is 537 g/mol. The minimum atomic E-state index is -3.88. The Labute approximate surface area is 208 Å². The second kappa shape index (κ2) is 11.3. The van der Waals surface area contributed by atoms with Gasteiger partial charge in [0.05, 0.1) is 24.1 Å². The van der Waals surface area contributed by atoms with Crippen LogP contribution in [-0.4, -0.2) is 58.1 Å². The summed E-state index contributed by atoms with van der Waals surface area (Å²) < 4.78 is 31.1. The van der Waals surface area contributed by atoms with Gasteiger partial charge in [0.15, 0.2) is 0 Å².